The summed E-state index contributed by atoms with van der Waals surface area (Å²) in [5.74, 6) is -0.246. The maximum Gasteiger partial charge on any atom is 0.265 e. The van der Waals surface area contributed by atoms with Gasteiger partial charge in [0.05, 0.1) is 10.6 Å². The minimum absolute atomic E-state index is 0.0999. The zero-order valence-electron chi connectivity index (χ0n) is 16.1. The Balaban J connectivity index is 2.56. The van der Waals surface area contributed by atoms with E-state index >= 15 is 0 Å². The van der Waals surface area contributed by atoms with Gasteiger partial charge >= 0.3 is 0 Å². The van der Waals surface area contributed by atoms with Gasteiger partial charge in [0.25, 0.3) is 10.0 Å². The number of carbonyl (C=O) groups is 1. The number of carbonyl (C=O) groups excluding carboxylic acids is 1. The minimum Gasteiger partial charge on any atom is -0.342 e. The lowest BCUT2D eigenvalue weighted by Crippen LogP contribution is -2.43. The number of sulfonamides is 1. The molecular formula is C20H25ClN2O3S. The molecule has 0 unspecified atom stereocenters. The molecule has 7 heteroatoms. The normalized spacial score (nSPS) is 11.3. The number of halogens is 1. The largest absolute Gasteiger partial charge is 0.342 e. The first-order valence-corrected chi connectivity index (χ1v) is 10.7. The quantitative estimate of drug-likeness (QED) is 0.695. The standard InChI is InChI=1S/C20H25ClN2O3S/c1-5-22(6-2)20(24)14-23(17-12-10-15(3)11-13-17)27(25,26)19-9-7-8-18(21)16(19)4/h7-13H,5-6,14H2,1-4H3. The Morgan fingerprint density at radius 2 is 1.59 bits per heavy atom. The zero-order valence-corrected chi connectivity index (χ0v) is 17.6. The lowest BCUT2D eigenvalue weighted by Gasteiger charge is -2.28. The number of hydrogen-bond acceptors (Lipinski definition) is 3. The van der Waals surface area contributed by atoms with Crippen LogP contribution < -0.4 is 4.31 Å². The summed E-state index contributed by atoms with van der Waals surface area (Å²) in [7, 11) is -3.96. The molecule has 2 aromatic rings. The van der Waals surface area contributed by atoms with E-state index in [2.05, 4.69) is 0 Å². The number of rotatable bonds is 7. The Bertz CT molecular complexity index is 907. The van der Waals surface area contributed by atoms with E-state index in [4.69, 9.17) is 11.6 Å². The summed E-state index contributed by atoms with van der Waals surface area (Å²) >= 11 is 6.13. The van der Waals surface area contributed by atoms with Gasteiger partial charge in [0.1, 0.15) is 6.54 Å². The van der Waals surface area contributed by atoms with E-state index < -0.39 is 10.0 Å². The van der Waals surface area contributed by atoms with E-state index in [1.54, 1.807) is 36.1 Å². The summed E-state index contributed by atoms with van der Waals surface area (Å²) in [5.41, 5.74) is 1.91. The monoisotopic (exact) mass is 408 g/mol. The fourth-order valence-corrected chi connectivity index (χ4v) is 4.71. The van der Waals surface area contributed by atoms with E-state index in [9.17, 15) is 13.2 Å². The van der Waals surface area contributed by atoms with Crippen molar-refractivity contribution in [2.24, 2.45) is 0 Å². The summed E-state index contributed by atoms with van der Waals surface area (Å²) in [6, 6.07) is 11.8. The van der Waals surface area contributed by atoms with Gasteiger partial charge in [-0.3, -0.25) is 9.10 Å². The minimum atomic E-state index is -3.96. The van der Waals surface area contributed by atoms with Crippen LogP contribution in [0.25, 0.3) is 0 Å². The maximum absolute atomic E-state index is 13.4. The van der Waals surface area contributed by atoms with E-state index in [1.807, 2.05) is 32.9 Å². The molecular weight excluding hydrogens is 384 g/mol. The number of anilines is 1. The van der Waals surface area contributed by atoms with Crippen LogP contribution in [0.15, 0.2) is 47.4 Å². The van der Waals surface area contributed by atoms with Gasteiger partial charge in [0, 0.05) is 18.1 Å². The summed E-state index contributed by atoms with van der Waals surface area (Å²) in [6.07, 6.45) is 0. The molecule has 2 rings (SSSR count). The highest BCUT2D eigenvalue weighted by atomic mass is 35.5. The molecule has 0 aliphatic carbocycles. The van der Waals surface area contributed by atoms with Crippen molar-refractivity contribution in [2.75, 3.05) is 23.9 Å². The molecule has 0 bridgehead atoms. The first-order valence-electron chi connectivity index (χ1n) is 8.84. The Labute approximate surface area is 166 Å². The van der Waals surface area contributed by atoms with Crippen LogP contribution in [0.5, 0.6) is 0 Å². The van der Waals surface area contributed by atoms with E-state index in [1.165, 1.54) is 6.07 Å². The molecule has 0 aromatic heterocycles. The van der Waals surface area contributed by atoms with Crippen LogP contribution in [0.2, 0.25) is 5.02 Å². The Kier molecular flexibility index (Phi) is 6.89. The Morgan fingerprint density at radius 3 is 2.15 bits per heavy atom. The predicted octanol–water partition coefficient (Wildman–Crippen LogP) is 4.02. The fourth-order valence-electron chi connectivity index (χ4n) is 2.81. The molecule has 2 aromatic carbocycles. The number of hydrogen-bond donors (Lipinski definition) is 0. The number of aryl methyl sites for hydroxylation is 1. The van der Waals surface area contributed by atoms with Gasteiger partial charge in [-0.05, 0) is 57.5 Å². The molecule has 0 saturated carbocycles. The van der Waals surface area contributed by atoms with Crippen molar-refractivity contribution >= 4 is 33.2 Å². The van der Waals surface area contributed by atoms with E-state index in [0.29, 0.717) is 29.4 Å². The molecule has 5 nitrogen and oxygen atoms in total. The van der Waals surface area contributed by atoms with Gasteiger partial charge < -0.3 is 4.90 Å². The van der Waals surface area contributed by atoms with Crippen molar-refractivity contribution in [3.63, 3.8) is 0 Å². The molecule has 0 aliphatic heterocycles. The second kappa shape index (κ2) is 8.76. The summed E-state index contributed by atoms with van der Waals surface area (Å²) in [6.45, 7) is 8.10. The highest BCUT2D eigenvalue weighted by Gasteiger charge is 2.30. The number of benzene rings is 2. The first kappa shape index (κ1) is 21.3. The molecule has 0 spiro atoms. The highest BCUT2D eigenvalue weighted by molar-refractivity contribution is 7.93. The molecule has 0 aliphatic rings. The average Bonchev–Trinajstić information content (AvgIpc) is 2.63. The van der Waals surface area contributed by atoms with Gasteiger partial charge in [-0.1, -0.05) is 35.4 Å². The van der Waals surface area contributed by atoms with Crippen LogP contribution >= 0.6 is 11.6 Å². The third-order valence-electron chi connectivity index (χ3n) is 4.50. The Morgan fingerprint density at radius 1 is 1.00 bits per heavy atom. The van der Waals surface area contributed by atoms with Gasteiger partial charge in [-0.15, -0.1) is 0 Å². The van der Waals surface area contributed by atoms with Crippen LogP contribution in [0, 0.1) is 13.8 Å². The van der Waals surface area contributed by atoms with Crippen LogP contribution in [0.4, 0.5) is 5.69 Å². The summed E-state index contributed by atoms with van der Waals surface area (Å²) in [4.78, 5) is 14.4. The van der Waals surface area contributed by atoms with Crippen molar-refractivity contribution in [1.82, 2.24) is 4.90 Å². The molecule has 146 valence electrons. The summed E-state index contributed by atoms with van der Waals surface area (Å²) < 4.78 is 28.0. The maximum atomic E-state index is 13.4. The topological polar surface area (TPSA) is 57.7 Å². The number of likely N-dealkylation sites (N-methyl/N-ethyl adjacent to an activating group) is 1. The lowest BCUT2D eigenvalue weighted by molar-refractivity contribution is -0.129. The molecule has 1 amide bonds. The van der Waals surface area contributed by atoms with Gasteiger partial charge in [-0.2, -0.15) is 0 Å². The molecule has 0 heterocycles. The molecule has 0 N–H and O–H groups in total. The van der Waals surface area contributed by atoms with Gasteiger partial charge in [-0.25, -0.2) is 8.42 Å². The summed E-state index contributed by atoms with van der Waals surface area (Å²) in [5, 5.41) is 0.370. The van der Waals surface area contributed by atoms with Crippen molar-refractivity contribution in [2.45, 2.75) is 32.6 Å². The number of nitrogens with zero attached hydrogens (tertiary/aromatic N) is 2. The third kappa shape index (κ3) is 4.62. The van der Waals surface area contributed by atoms with Crippen molar-refractivity contribution in [3.05, 3.63) is 58.6 Å². The second-order valence-electron chi connectivity index (χ2n) is 6.28. The van der Waals surface area contributed by atoms with Crippen molar-refractivity contribution in [1.29, 1.82) is 0 Å². The highest BCUT2D eigenvalue weighted by Crippen LogP contribution is 2.29. The molecule has 27 heavy (non-hydrogen) atoms. The predicted molar refractivity (Wildman–Crippen MR) is 110 cm³/mol. The van der Waals surface area contributed by atoms with E-state index in [0.717, 1.165) is 9.87 Å². The first-order chi connectivity index (χ1) is 12.7. The molecule has 0 radical (unpaired) electrons. The lowest BCUT2D eigenvalue weighted by atomic mass is 10.2. The smallest absolute Gasteiger partial charge is 0.265 e. The van der Waals surface area contributed by atoms with Gasteiger partial charge in [0.2, 0.25) is 5.91 Å². The van der Waals surface area contributed by atoms with Crippen LogP contribution in [-0.2, 0) is 14.8 Å². The van der Waals surface area contributed by atoms with Crippen LogP contribution in [-0.4, -0.2) is 38.9 Å². The Hall–Kier alpha value is -2.05. The van der Waals surface area contributed by atoms with Crippen molar-refractivity contribution in [3.8, 4) is 0 Å². The third-order valence-corrected chi connectivity index (χ3v) is 6.83. The molecule has 0 fully saturated rings. The fraction of sp³-hybridized carbons (Fsp3) is 0.350. The van der Waals surface area contributed by atoms with Crippen LogP contribution in [0.1, 0.15) is 25.0 Å². The average molecular weight is 409 g/mol. The SMILES string of the molecule is CCN(CC)C(=O)CN(c1ccc(C)cc1)S(=O)(=O)c1cccc(Cl)c1C. The second-order valence-corrected chi connectivity index (χ2v) is 8.51. The molecule has 0 atom stereocenters. The zero-order chi connectivity index (χ0) is 20.2. The van der Waals surface area contributed by atoms with E-state index in [-0.39, 0.29) is 17.3 Å². The molecule has 0 saturated heterocycles. The number of amides is 1. The van der Waals surface area contributed by atoms with Crippen molar-refractivity contribution < 1.29 is 13.2 Å². The van der Waals surface area contributed by atoms with Gasteiger partial charge in [0.15, 0.2) is 0 Å². The van der Waals surface area contributed by atoms with Crippen LogP contribution in [0.3, 0.4) is 0 Å².